The number of benzene rings is 2. The van der Waals surface area contributed by atoms with Gasteiger partial charge in [0, 0.05) is 5.56 Å². The fourth-order valence-electron chi connectivity index (χ4n) is 2.95. The lowest BCUT2D eigenvalue weighted by molar-refractivity contribution is 0.102. The molecule has 140 valence electrons. The van der Waals surface area contributed by atoms with Gasteiger partial charge in [-0.15, -0.1) is 0 Å². The molecule has 0 aliphatic carbocycles. The molecule has 0 atom stereocenters. The third-order valence-electron chi connectivity index (χ3n) is 4.42. The molecule has 0 radical (unpaired) electrons. The molecule has 8 nitrogen and oxygen atoms in total. The van der Waals surface area contributed by atoms with Crippen LogP contribution in [0.2, 0.25) is 0 Å². The molecule has 0 fully saturated rings. The van der Waals surface area contributed by atoms with Gasteiger partial charge in [0.05, 0.1) is 31.0 Å². The summed E-state index contributed by atoms with van der Waals surface area (Å²) in [4.78, 5) is 31.4. The second-order valence-electron chi connectivity index (χ2n) is 6.18. The topological polar surface area (TPSA) is 102 Å². The monoisotopic (exact) mass is 375 g/mol. The quantitative estimate of drug-likeness (QED) is 0.571. The smallest absolute Gasteiger partial charge is 0.261 e. The molecule has 0 saturated heterocycles. The Morgan fingerprint density at radius 1 is 1.21 bits per heavy atom. The lowest BCUT2D eigenvalue weighted by Crippen LogP contribution is -2.14. The molecule has 0 bridgehead atoms. The number of fused-ring (bicyclic) bond motifs is 1. The van der Waals surface area contributed by atoms with Crippen molar-refractivity contribution in [3.63, 3.8) is 0 Å². The average molecular weight is 375 g/mol. The van der Waals surface area contributed by atoms with E-state index in [9.17, 15) is 9.59 Å². The summed E-state index contributed by atoms with van der Waals surface area (Å²) < 4.78 is 6.82. The highest BCUT2D eigenvalue weighted by molar-refractivity contribution is 6.05. The number of carbonyl (C=O) groups is 1. The number of hydrogen-bond acceptors (Lipinski definition) is 5. The van der Waals surface area contributed by atoms with Crippen LogP contribution in [0, 0.1) is 6.92 Å². The molecule has 0 unspecified atom stereocenters. The molecule has 2 aromatic heterocycles. The van der Waals surface area contributed by atoms with Crippen molar-refractivity contribution in [3.8, 4) is 11.4 Å². The highest BCUT2D eigenvalue weighted by Gasteiger charge is 2.15. The van der Waals surface area contributed by atoms with Gasteiger partial charge in [0.25, 0.3) is 11.5 Å². The maximum absolute atomic E-state index is 12.8. The molecule has 8 heteroatoms. The number of nitrogens with one attached hydrogen (secondary N) is 2. The van der Waals surface area contributed by atoms with Crippen LogP contribution in [0.3, 0.4) is 0 Å². The van der Waals surface area contributed by atoms with E-state index >= 15 is 0 Å². The Labute approximate surface area is 159 Å². The van der Waals surface area contributed by atoms with Crippen LogP contribution < -0.4 is 15.6 Å². The van der Waals surface area contributed by atoms with Crippen LogP contribution in [0.4, 0.5) is 5.69 Å². The number of aromatic amines is 1. The molecule has 1 amide bonds. The number of ether oxygens (including phenoxy) is 1. The van der Waals surface area contributed by atoms with E-state index in [1.807, 2.05) is 19.1 Å². The number of nitrogens with zero attached hydrogens (tertiary/aromatic N) is 3. The Kier molecular flexibility index (Phi) is 4.36. The molecular formula is C20H17N5O3. The number of anilines is 1. The second kappa shape index (κ2) is 6.99. The van der Waals surface area contributed by atoms with Gasteiger partial charge in [-0.25, -0.2) is 9.67 Å². The van der Waals surface area contributed by atoms with Gasteiger partial charge in [0.1, 0.15) is 11.1 Å². The van der Waals surface area contributed by atoms with Gasteiger partial charge in [-0.3, -0.25) is 9.59 Å². The van der Waals surface area contributed by atoms with E-state index in [4.69, 9.17) is 4.74 Å². The predicted octanol–water partition coefficient (Wildman–Crippen LogP) is 2.68. The van der Waals surface area contributed by atoms with E-state index in [2.05, 4.69) is 20.4 Å². The highest BCUT2D eigenvalue weighted by Crippen LogP contribution is 2.24. The van der Waals surface area contributed by atoms with Crippen molar-refractivity contribution in [1.29, 1.82) is 0 Å². The Morgan fingerprint density at radius 3 is 2.86 bits per heavy atom. The van der Waals surface area contributed by atoms with Crippen LogP contribution in [-0.4, -0.2) is 32.8 Å². The Hall–Kier alpha value is -3.94. The van der Waals surface area contributed by atoms with E-state index in [0.29, 0.717) is 33.7 Å². The van der Waals surface area contributed by atoms with Gasteiger partial charge in [-0.2, -0.15) is 5.10 Å². The number of rotatable bonds is 4. The van der Waals surface area contributed by atoms with E-state index in [0.717, 1.165) is 5.56 Å². The van der Waals surface area contributed by atoms with Gasteiger partial charge in [0.15, 0.2) is 5.65 Å². The van der Waals surface area contributed by atoms with E-state index in [1.165, 1.54) is 17.2 Å². The van der Waals surface area contributed by atoms with Crippen molar-refractivity contribution < 1.29 is 9.53 Å². The molecule has 4 rings (SSSR count). The molecule has 0 aliphatic heterocycles. The van der Waals surface area contributed by atoms with Crippen LogP contribution in [0.5, 0.6) is 5.75 Å². The summed E-state index contributed by atoms with van der Waals surface area (Å²) in [6.45, 7) is 1.91. The first kappa shape index (κ1) is 17.5. The molecule has 28 heavy (non-hydrogen) atoms. The summed E-state index contributed by atoms with van der Waals surface area (Å²) in [6, 6.07) is 12.4. The van der Waals surface area contributed by atoms with Crippen molar-refractivity contribution in [1.82, 2.24) is 19.7 Å². The fourth-order valence-corrected chi connectivity index (χ4v) is 2.95. The number of H-pyrrole nitrogens is 1. The van der Waals surface area contributed by atoms with Gasteiger partial charge >= 0.3 is 0 Å². The van der Waals surface area contributed by atoms with Crippen molar-refractivity contribution in [2.75, 3.05) is 12.4 Å². The molecule has 0 aliphatic rings. The Bertz CT molecular complexity index is 1240. The molecule has 2 aromatic carbocycles. The van der Waals surface area contributed by atoms with Gasteiger partial charge < -0.3 is 15.0 Å². The zero-order chi connectivity index (χ0) is 19.7. The molecular weight excluding hydrogens is 358 g/mol. The van der Waals surface area contributed by atoms with Crippen LogP contribution in [0.1, 0.15) is 15.9 Å². The van der Waals surface area contributed by atoms with Crippen LogP contribution in [0.15, 0.2) is 59.8 Å². The minimum Gasteiger partial charge on any atom is -0.496 e. The molecule has 0 saturated carbocycles. The zero-order valence-electron chi connectivity index (χ0n) is 15.3. The van der Waals surface area contributed by atoms with Crippen molar-refractivity contribution in [3.05, 3.63) is 76.5 Å². The van der Waals surface area contributed by atoms with E-state index < -0.39 is 0 Å². The largest absolute Gasteiger partial charge is 0.496 e. The first-order valence-electron chi connectivity index (χ1n) is 8.55. The van der Waals surface area contributed by atoms with Crippen LogP contribution >= 0.6 is 0 Å². The molecule has 2 heterocycles. The van der Waals surface area contributed by atoms with Gasteiger partial charge in [0.2, 0.25) is 0 Å². The molecule has 0 spiro atoms. The standard InChI is InChI=1S/C20H17N5O3/c1-12-7-8-13(9-17(12)28-2)19(26)24-15-5-3-4-6-16(15)25-18-14(10-23-25)20(27)22-11-21-18/h3-11H,1-2H3,(H,24,26)(H,21,22,27). The summed E-state index contributed by atoms with van der Waals surface area (Å²) in [7, 11) is 1.57. The number of para-hydroxylation sites is 2. The minimum absolute atomic E-state index is 0.274. The number of carbonyl (C=O) groups excluding carboxylic acids is 1. The first-order chi connectivity index (χ1) is 13.6. The first-order valence-corrected chi connectivity index (χ1v) is 8.55. The third-order valence-corrected chi connectivity index (χ3v) is 4.42. The van der Waals surface area contributed by atoms with Crippen molar-refractivity contribution in [2.24, 2.45) is 0 Å². The molecule has 2 N–H and O–H groups in total. The SMILES string of the molecule is COc1cc(C(=O)Nc2ccccc2-n2ncc3c(=O)[nH]cnc32)ccc1C. The summed E-state index contributed by atoms with van der Waals surface area (Å²) in [6.07, 6.45) is 2.77. The number of aryl methyl sites for hydroxylation is 1. The summed E-state index contributed by atoms with van der Waals surface area (Å²) >= 11 is 0. The normalized spacial score (nSPS) is 10.8. The number of methoxy groups -OCH3 is 1. The lowest BCUT2D eigenvalue weighted by Gasteiger charge is -2.12. The van der Waals surface area contributed by atoms with E-state index in [1.54, 1.807) is 37.4 Å². The maximum Gasteiger partial charge on any atom is 0.261 e. The van der Waals surface area contributed by atoms with Gasteiger partial charge in [-0.1, -0.05) is 18.2 Å². The number of hydrogen-bond donors (Lipinski definition) is 2. The van der Waals surface area contributed by atoms with E-state index in [-0.39, 0.29) is 11.5 Å². The maximum atomic E-state index is 12.8. The fraction of sp³-hybridized carbons (Fsp3) is 0.100. The lowest BCUT2D eigenvalue weighted by atomic mass is 10.1. The number of amides is 1. The summed E-state index contributed by atoms with van der Waals surface area (Å²) in [5, 5.41) is 7.53. The summed E-state index contributed by atoms with van der Waals surface area (Å²) in [5.74, 6) is 0.357. The Morgan fingerprint density at radius 2 is 2.04 bits per heavy atom. The van der Waals surface area contributed by atoms with Crippen molar-refractivity contribution in [2.45, 2.75) is 6.92 Å². The third kappa shape index (κ3) is 3.01. The Balaban J connectivity index is 1.73. The highest BCUT2D eigenvalue weighted by atomic mass is 16.5. The van der Waals surface area contributed by atoms with Crippen LogP contribution in [0.25, 0.3) is 16.7 Å². The molecule has 4 aromatic rings. The number of aromatic nitrogens is 4. The van der Waals surface area contributed by atoms with Crippen LogP contribution in [-0.2, 0) is 0 Å². The summed E-state index contributed by atoms with van der Waals surface area (Å²) in [5.41, 5.74) is 2.69. The predicted molar refractivity (Wildman–Crippen MR) is 105 cm³/mol. The van der Waals surface area contributed by atoms with Crippen molar-refractivity contribution >= 4 is 22.6 Å². The minimum atomic E-state index is -0.284. The zero-order valence-corrected chi connectivity index (χ0v) is 15.3. The van der Waals surface area contributed by atoms with Gasteiger partial charge in [-0.05, 0) is 36.8 Å². The average Bonchev–Trinajstić information content (AvgIpc) is 3.14. The second-order valence-corrected chi connectivity index (χ2v) is 6.18.